The summed E-state index contributed by atoms with van der Waals surface area (Å²) in [5, 5.41) is 4.80. The number of hydrogen-bond acceptors (Lipinski definition) is 4. The zero-order valence-corrected chi connectivity index (χ0v) is 41.6. The number of aryl methyl sites for hydroxylation is 1. The first kappa shape index (κ1) is 38.6. The Kier molecular flexibility index (Phi) is 9.96. The summed E-state index contributed by atoms with van der Waals surface area (Å²) in [4.78, 5) is 7.08. The Morgan fingerprint density at radius 2 is 1.37 bits per heavy atom. The van der Waals surface area contributed by atoms with Crippen molar-refractivity contribution in [3.63, 3.8) is 0 Å². The molecule has 4 heterocycles. The van der Waals surface area contributed by atoms with Gasteiger partial charge in [-0.3, -0.25) is 0 Å². The van der Waals surface area contributed by atoms with E-state index in [4.69, 9.17) is 18.9 Å². The van der Waals surface area contributed by atoms with Crippen molar-refractivity contribution in [2.45, 2.75) is 79.5 Å². The van der Waals surface area contributed by atoms with Crippen LogP contribution in [0.1, 0.15) is 78.9 Å². The van der Waals surface area contributed by atoms with Gasteiger partial charge < -0.3 is 0 Å². The molecule has 0 bridgehead atoms. The minimum absolute atomic E-state index is 0.126. The number of para-hydroxylation sites is 3. The molecule has 0 spiro atoms. The third-order valence-corrected chi connectivity index (χ3v) is 13.4. The van der Waals surface area contributed by atoms with Crippen molar-refractivity contribution in [3.05, 3.63) is 184 Å². The molecule has 0 fully saturated rings. The zero-order valence-electron chi connectivity index (χ0n) is 44.3. The molecule has 0 N–H and O–H groups in total. The van der Waals surface area contributed by atoms with Crippen molar-refractivity contribution < 1.29 is 30.9 Å². The van der Waals surface area contributed by atoms with Crippen LogP contribution in [0.3, 0.4) is 0 Å². The van der Waals surface area contributed by atoms with Crippen molar-refractivity contribution in [1.82, 2.24) is 23.8 Å². The van der Waals surface area contributed by atoms with Crippen LogP contribution in [0.15, 0.2) is 152 Å². The van der Waals surface area contributed by atoms with Gasteiger partial charge in [-0.15, -0.1) is 0 Å². The van der Waals surface area contributed by atoms with Gasteiger partial charge in [-0.25, -0.2) is 0 Å². The Morgan fingerprint density at radius 3 is 2.06 bits per heavy atom. The number of anilines is 2. The first-order valence-electron chi connectivity index (χ1n) is 25.3. The third kappa shape index (κ3) is 8.35. The van der Waals surface area contributed by atoms with Gasteiger partial charge in [0.15, 0.2) is 0 Å². The summed E-state index contributed by atoms with van der Waals surface area (Å²) >= 11 is 2.35. The second-order valence-corrected chi connectivity index (χ2v) is 20.8. The molecule has 3 aromatic heterocycles. The molecule has 9 heteroatoms. The molecule has 10 rings (SSSR count). The molecule has 0 amide bonds. The number of pyridine rings is 1. The van der Waals surface area contributed by atoms with Gasteiger partial charge in [-0.1, -0.05) is 13.8 Å². The van der Waals surface area contributed by atoms with Crippen molar-refractivity contribution in [3.8, 4) is 56.4 Å². The Labute approximate surface area is 413 Å². The molecule has 7 nitrogen and oxygen atoms in total. The molecule has 0 atom stereocenters. The number of fused-ring (bicyclic) bond motifs is 4. The van der Waals surface area contributed by atoms with Crippen LogP contribution in [0.25, 0.3) is 55.9 Å². The molecule has 0 unspecified atom stereocenters. The van der Waals surface area contributed by atoms with Gasteiger partial charge in [0.2, 0.25) is 0 Å². The van der Waals surface area contributed by atoms with Crippen LogP contribution in [0.4, 0.5) is 11.5 Å². The Bertz CT molecular complexity index is 3620. The molecule has 1 aliphatic rings. The summed E-state index contributed by atoms with van der Waals surface area (Å²) in [6, 6.07) is 42.2. The second-order valence-electron chi connectivity index (χ2n) is 19.8. The van der Waals surface area contributed by atoms with Crippen LogP contribution in [-0.2, 0) is 30.2 Å². The van der Waals surface area contributed by atoms with E-state index in [9.17, 15) is 2.74 Å². The Balaban J connectivity index is 1.16. The maximum atomic E-state index is 9.27. The van der Waals surface area contributed by atoms with Gasteiger partial charge in [-0.05, 0) is 24.5 Å². The van der Waals surface area contributed by atoms with E-state index < -0.39 is 18.1 Å². The van der Waals surface area contributed by atoms with Crippen molar-refractivity contribution in [2.24, 2.45) is 5.92 Å². The monoisotopic (exact) mass is 1060 g/mol. The van der Waals surface area contributed by atoms with E-state index in [1.807, 2.05) is 73.1 Å². The summed E-state index contributed by atoms with van der Waals surface area (Å²) in [6.07, 6.45) is 4.52. The molecular weight excluding hydrogens is 1000 g/mol. The van der Waals surface area contributed by atoms with E-state index in [2.05, 4.69) is 161 Å². The topological polar surface area (TPSA) is 53.0 Å². The van der Waals surface area contributed by atoms with Crippen molar-refractivity contribution >= 4 is 29.5 Å². The summed E-state index contributed by atoms with van der Waals surface area (Å²) in [5.41, 5.74) is 11.4. The third-order valence-electron chi connectivity index (χ3n) is 12.4. The first-order valence-corrected chi connectivity index (χ1v) is 23.9. The van der Waals surface area contributed by atoms with Gasteiger partial charge in [-0.2, -0.15) is 5.10 Å². The minimum atomic E-state index is -0.438. The summed E-state index contributed by atoms with van der Waals surface area (Å²) in [7, 11) is 0. The Hall–Kier alpha value is -6.50. The van der Waals surface area contributed by atoms with Gasteiger partial charge in [0.05, 0.1) is 0 Å². The van der Waals surface area contributed by atoms with Crippen LogP contribution in [0, 0.1) is 28.8 Å². The molecule has 0 radical (unpaired) electrons. The normalized spacial score (nSPS) is 13.8. The van der Waals surface area contributed by atoms with Gasteiger partial charge >= 0.3 is 359 Å². The fraction of sp³-hybridized carbons (Fsp3) is 0.224. The number of nitrogens with zero attached hydrogens (tertiary/aromatic N) is 6. The van der Waals surface area contributed by atoms with Crippen molar-refractivity contribution in [1.29, 1.82) is 0 Å². The van der Waals surface area contributed by atoms with E-state index in [0.717, 1.165) is 71.7 Å². The van der Waals surface area contributed by atoms with Gasteiger partial charge in [0.25, 0.3) is 0 Å². The van der Waals surface area contributed by atoms with Crippen LogP contribution in [-0.4, -0.2) is 30.8 Å². The predicted molar refractivity (Wildman–Crippen MR) is 271 cm³/mol. The molecule has 338 valence electrons. The van der Waals surface area contributed by atoms with Gasteiger partial charge in [0.1, 0.15) is 0 Å². The predicted octanol–water partition coefficient (Wildman–Crippen LogP) is 14.5. The second kappa shape index (κ2) is 17.3. The van der Waals surface area contributed by atoms with Crippen LogP contribution in [0.5, 0.6) is 11.5 Å². The molecule has 0 saturated carbocycles. The van der Waals surface area contributed by atoms with E-state index in [1.54, 1.807) is 0 Å². The first-order chi connectivity index (χ1) is 34.2. The fourth-order valence-electron chi connectivity index (χ4n) is 9.04. The van der Waals surface area contributed by atoms with Crippen LogP contribution >= 0.6 is 0 Å². The fourth-order valence-corrected chi connectivity index (χ4v) is 10.1. The van der Waals surface area contributed by atoms with E-state index in [-0.39, 0.29) is 35.5 Å². The average molecular weight is 1060 g/mol. The van der Waals surface area contributed by atoms with Gasteiger partial charge in [0, 0.05) is 12.4 Å². The van der Waals surface area contributed by atoms with E-state index >= 15 is 0 Å². The van der Waals surface area contributed by atoms with E-state index in [1.165, 1.54) is 0 Å². The van der Waals surface area contributed by atoms with Crippen LogP contribution in [0.2, 0.25) is 6.32 Å². The number of benzene rings is 6. The quantitative estimate of drug-likeness (QED) is 0.107. The van der Waals surface area contributed by atoms with Crippen LogP contribution < -0.4 is 9.55 Å². The number of hydrogen-bond donors (Lipinski definition) is 0. The number of ether oxygens (including phenoxy) is 1. The standard InChI is InChI=1S/C58H55BN6O.Pt/c1-39(2)37-59-64(55-31-40(3)27-29-60-55)54-36-47(25-26-50(54)51-28-30-61-65(51)59)66-46-20-15-19-45(35-46)62-38-63(53-24-14-13-23-52(53)62)56-48(41-17-11-10-12-18-41)21-16-22-49(56)42-32-43(57(4,5)6)34-44(33-42)58(7,8)9;/h10-34,39H,37H2,1-9H3;/q-2;/i10D,11D,12D,17D,18D;. The zero-order chi connectivity index (χ0) is 51.1. The molecule has 9 aromatic rings. The number of rotatable bonds is 9. The number of aromatic nitrogens is 5. The van der Waals surface area contributed by atoms with Crippen molar-refractivity contribution in [2.75, 3.05) is 4.81 Å². The molecule has 0 saturated heterocycles. The molecule has 67 heavy (non-hydrogen) atoms. The molecule has 0 aliphatic carbocycles. The SMILES string of the molecule is [2H]c1c([2H])c([2H])c(-c2cccc(-c3cc(C(C)(C)C)cc(C(C)(C)C)c3)c2-n2[c](=[Pt])n(-c3[c-]c(Oc4[c-]c5c(cc4)-c4ccnn4B(CC(C)C)N5c4cc(C)ccn4)ccc3)c3ccccc32)c([2H])c1[2H]. The average Bonchev–Trinajstić information content (AvgIpc) is 3.95. The summed E-state index contributed by atoms with van der Waals surface area (Å²) in [6.45, 7) is 19.6. The molecule has 1 aliphatic heterocycles. The summed E-state index contributed by atoms with van der Waals surface area (Å²) < 4.78 is 58.4. The molecule has 6 aromatic carbocycles. The maximum absolute atomic E-state index is 9.27. The molecular formula is C58H55BN6OPt-2. The number of imidazole rings is 1. The Morgan fingerprint density at radius 1 is 0.701 bits per heavy atom. The van der Waals surface area contributed by atoms with E-state index in [0.29, 0.717) is 34.4 Å². The summed E-state index contributed by atoms with van der Waals surface area (Å²) in [5.74, 6) is 2.18.